The summed E-state index contributed by atoms with van der Waals surface area (Å²) in [5.41, 5.74) is -0.393. The van der Waals surface area contributed by atoms with Gasteiger partial charge in [-0.3, -0.25) is 0 Å². The molecule has 0 aliphatic heterocycles. The molecule has 76 valence electrons. The van der Waals surface area contributed by atoms with Gasteiger partial charge in [0.2, 0.25) is 0 Å². The normalized spacial score (nSPS) is 29.6. The van der Waals surface area contributed by atoms with Gasteiger partial charge < -0.3 is 0 Å². The maximum Gasteiger partial charge on any atom is 0.185 e. The molecule has 0 radical (unpaired) electrons. The van der Waals surface area contributed by atoms with E-state index in [0.717, 1.165) is 19.3 Å². The van der Waals surface area contributed by atoms with Gasteiger partial charge in [0, 0.05) is 10.8 Å². The van der Waals surface area contributed by atoms with Crippen molar-refractivity contribution in [2.24, 2.45) is 16.0 Å². The highest BCUT2D eigenvalue weighted by Gasteiger charge is 2.57. The van der Waals surface area contributed by atoms with Crippen LogP contribution in [-0.2, 0) is 0 Å². The first-order valence-electron chi connectivity index (χ1n) is 4.80. The van der Waals surface area contributed by atoms with Crippen LogP contribution < -0.4 is 0 Å². The van der Waals surface area contributed by atoms with Crippen molar-refractivity contribution in [3.8, 4) is 0 Å². The van der Waals surface area contributed by atoms with Gasteiger partial charge in [0.05, 0.1) is 0 Å². The zero-order valence-electron chi connectivity index (χ0n) is 8.85. The number of nitrogens with zero attached hydrogens (tertiary/aromatic N) is 1. The Hall–Kier alpha value is -0.110. The Bertz CT molecular complexity index is 207. The standard InChI is InChI=1S/C10H18ClNO/c1-8(2)6-5-7-9(3,4)10(8,11)12-13/h5-7H2,1-4H3. The molecule has 2 nitrogen and oxygen atoms in total. The molecule has 3 heteroatoms. The lowest BCUT2D eigenvalue weighted by atomic mass is 9.61. The first-order chi connectivity index (χ1) is 5.77. The van der Waals surface area contributed by atoms with Gasteiger partial charge in [-0.05, 0) is 18.0 Å². The van der Waals surface area contributed by atoms with Gasteiger partial charge in [0.1, 0.15) is 0 Å². The lowest BCUT2D eigenvalue weighted by Crippen LogP contribution is -2.52. The summed E-state index contributed by atoms with van der Waals surface area (Å²) in [6.45, 7) is 8.12. The number of alkyl halides is 1. The number of hydrogen-bond acceptors (Lipinski definition) is 2. The molecule has 1 saturated carbocycles. The molecule has 0 spiro atoms. The Balaban J connectivity index is 3.12. The Morgan fingerprint density at radius 3 is 1.69 bits per heavy atom. The molecule has 0 atom stereocenters. The van der Waals surface area contributed by atoms with E-state index in [1.54, 1.807) is 0 Å². The Morgan fingerprint density at radius 1 is 1.08 bits per heavy atom. The number of hydrogen-bond donors (Lipinski definition) is 0. The summed E-state index contributed by atoms with van der Waals surface area (Å²) >= 11 is 6.36. The average molecular weight is 204 g/mol. The quantitative estimate of drug-likeness (QED) is 0.361. The molecule has 0 unspecified atom stereocenters. The van der Waals surface area contributed by atoms with Gasteiger partial charge in [0.25, 0.3) is 0 Å². The van der Waals surface area contributed by atoms with Crippen molar-refractivity contribution >= 4 is 11.6 Å². The van der Waals surface area contributed by atoms with Gasteiger partial charge in [-0.1, -0.05) is 45.7 Å². The SMILES string of the molecule is CC1(C)CCCC(C)(C)C1(Cl)N=O. The molecule has 1 fully saturated rings. The minimum absolute atomic E-state index is 0.196. The Morgan fingerprint density at radius 2 is 1.46 bits per heavy atom. The van der Waals surface area contributed by atoms with Crippen LogP contribution in [0.2, 0.25) is 0 Å². The second kappa shape index (κ2) is 2.94. The number of halogens is 1. The van der Waals surface area contributed by atoms with Crippen LogP contribution in [0.5, 0.6) is 0 Å². The van der Waals surface area contributed by atoms with E-state index in [2.05, 4.69) is 5.18 Å². The van der Waals surface area contributed by atoms with Crippen LogP contribution in [0.1, 0.15) is 47.0 Å². The molecule has 0 aromatic heterocycles. The van der Waals surface area contributed by atoms with Crippen LogP contribution in [0.3, 0.4) is 0 Å². The minimum atomic E-state index is -0.946. The van der Waals surface area contributed by atoms with Gasteiger partial charge in [-0.25, -0.2) is 0 Å². The summed E-state index contributed by atoms with van der Waals surface area (Å²) in [6, 6.07) is 0. The maximum absolute atomic E-state index is 10.9. The summed E-state index contributed by atoms with van der Waals surface area (Å²) in [4.78, 5) is 9.98. The molecule has 0 N–H and O–H groups in total. The van der Waals surface area contributed by atoms with E-state index in [0.29, 0.717) is 0 Å². The molecule has 0 heterocycles. The van der Waals surface area contributed by atoms with E-state index < -0.39 is 5.00 Å². The molecule has 0 aromatic rings. The molecular formula is C10H18ClNO. The summed E-state index contributed by atoms with van der Waals surface area (Å²) in [7, 11) is 0. The lowest BCUT2D eigenvalue weighted by molar-refractivity contribution is 0.0458. The smallest absolute Gasteiger partial charge is 0.149 e. The van der Waals surface area contributed by atoms with Crippen LogP contribution in [-0.4, -0.2) is 5.00 Å². The van der Waals surface area contributed by atoms with Crippen molar-refractivity contribution in [3.05, 3.63) is 4.91 Å². The predicted octanol–water partition coefficient (Wildman–Crippen LogP) is 3.92. The summed E-state index contributed by atoms with van der Waals surface area (Å²) in [5, 5.41) is 3.20. The topological polar surface area (TPSA) is 29.4 Å². The minimum Gasteiger partial charge on any atom is -0.149 e. The summed E-state index contributed by atoms with van der Waals surface area (Å²) in [5.74, 6) is 0. The Kier molecular flexibility index (Phi) is 2.48. The van der Waals surface area contributed by atoms with E-state index in [1.165, 1.54) is 0 Å². The van der Waals surface area contributed by atoms with E-state index in [1.807, 2.05) is 27.7 Å². The van der Waals surface area contributed by atoms with Crippen LogP contribution in [0, 0.1) is 15.7 Å². The van der Waals surface area contributed by atoms with Crippen molar-refractivity contribution in [2.75, 3.05) is 0 Å². The number of nitroso groups, excluding NO2 is 1. The Labute approximate surface area is 85.0 Å². The van der Waals surface area contributed by atoms with Gasteiger partial charge in [-0.2, -0.15) is 0 Å². The molecule has 0 amide bonds. The van der Waals surface area contributed by atoms with E-state index in [9.17, 15) is 4.91 Å². The first kappa shape index (κ1) is 11.0. The van der Waals surface area contributed by atoms with Gasteiger partial charge in [0.15, 0.2) is 5.00 Å². The van der Waals surface area contributed by atoms with E-state index in [-0.39, 0.29) is 10.8 Å². The van der Waals surface area contributed by atoms with Crippen LogP contribution in [0.4, 0.5) is 0 Å². The molecule has 0 saturated heterocycles. The van der Waals surface area contributed by atoms with E-state index in [4.69, 9.17) is 11.6 Å². The van der Waals surface area contributed by atoms with Crippen molar-refractivity contribution < 1.29 is 0 Å². The monoisotopic (exact) mass is 203 g/mol. The van der Waals surface area contributed by atoms with Crippen LogP contribution in [0.15, 0.2) is 5.18 Å². The van der Waals surface area contributed by atoms with Crippen LogP contribution >= 0.6 is 11.6 Å². The second-order valence-electron chi connectivity index (χ2n) is 5.33. The average Bonchev–Trinajstić information content (AvgIpc) is 1.99. The van der Waals surface area contributed by atoms with Crippen molar-refractivity contribution in [2.45, 2.75) is 52.0 Å². The lowest BCUT2D eigenvalue weighted by Gasteiger charge is -2.50. The largest absolute Gasteiger partial charge is 0.185 e. The zero-order chi connectivity index (χ0) is 10.3. The van der Waals surface area contributed by atoms with Crippen molar-refractivity contribution in [1.29, 1.82) is 0 Å². The highest BCUT2D eigenvalue weighted by atomic mass is 35.5. The van der Waals surface area contributed by atoms with Crippen molar-refractivity contribution in [3.63, 3.8) is 0 Å². The summed E-state index contributed by atoms with van der Waals surface area (Å²) in [6.07, 6.45) is 3.08. The third-order valence-electron chi connectivity index (χ3n) is 3.52. The summed E-state index contributed by atoms with van der Waals surface area (Å²) < 4.78 is 0. The molecule has 1 aliphatic carbocycles. The molecule has 0 bridgehead atoms. The highest BCUT2D eigenvalue weighted by Crippen LogP contribution is 2.58. The highest BCUT2D eigenvalue weighted by molar-refractivity contribution is 6.24. The second-order valence-corrected chi connectivity index (χ2v) is 5.88. The first-order valence-corrected chi connectivity index (χ1v) is 5.18. The molecular weight excluding hydrogens is 186 g/mol. The molecule has 13 heavy (non-hydrogen) atoms. The van der Waals surface area contributed by atoms with Crippen molar-refractivity contribution in [1.82, 2.24) is 0 Å². The fraction of sp³-hybridized carbons (Fsp3) is 1.00. The van der Waals surface area contributed by atoms with Gasteiger partial charge in [-0.15, -0.1) is 4.91 Å². The zero-order valence-corrected chi connectivity index (χ0v) is 9.61. The molecule has 1 rings (SSSR count). The number of rotatable bonds is 1. The maximum atomic E-state index is 10.9. The predicted molar refractivity (Wildman–Crippen MR) is 55.8 cm³/mol. The van der Waals surface area contributed by atoms with Crippen LogP contribution in [0.25, 0.3) is 0 Å². The molecule has 1 aliphatic rings. The fourth-order valence-electron chi connectivity index (χ4n) is 2.47. The fourth-order valence-corrected chi connectivity index (χ4v) is 2.66. The third kappa shape index (κ3) is 1.39. The van der Waals surface area contributed by atoms with Gasteiger partial charge >= 0.3 is 0 Å². The third-order valence-corrected chi connectivity index (χ3v) is 4.62. The van der Waals surface area contributed by atoms with E-state index >= 15 is 0 Å². The molecule has 0 aromatic carbocycles.